The summed E-state index contributed by atoms with van der Waals surface area (Å²) in [5.41, 5.74) is 6.24. The van der Waals surface area contributed by atoms with E-state index in [0.717, 1.165) is 0 Å². The van der Waals surface area contributed by atoms with Crippen LogP contribution >= 0.6 is 11.6 Å². The van der Waals surface area contributed by atoms with E-state index in [9.17, 15) is 4.79 Å². The molecule has 1 amide bonds. The topological polar surface area (TPSA) is 80.5 Å². The van der Waals surface area contributed by atoms with Crippen LogP contribution in [0.3, 0.4) is 0 Å². The number of nitrogens with zero attached hydrogens (tertiary/aromatic N) is 2. The summed E-state index contributed by atoms with van der Waals surface area (Å²) >= 11 is 5.76. The smallest absolute Gasteiger partial charge is 0.224 e. The number of morpholine rings is 1. The number of nitrogens with one attached hydrogen (secondary N) is 1. The van der Waals surface area contributed by atoms with Gasteiger partial charge in [-0.05, 0) is 6.07 Å². The molecule has 104 valence electrons. The standard InChI is InChI=1S/C12H17ClN4O2/c13-9-7-10(14)12(16-8-9)15-2-1-11(18)17-3-5-19-6-4-17/h7-8H,1-6,14H2,(H,15,16). The van der Waals surface area contributed by atoms with Gasteiger partial charge in [0.2, 0.25) is 5.91 Å². The summed E-state index contributed by atoms with van der Waals surface area (Å²) in [5.74, 6) is 0.669. The highest BCUT2D eigenvalue weighted by atomic mass is 35.5. The highest BCUT2D eigenvalue weighted by Gasteiger charge is 2.16. The van der Waals surface area contributed by atoms with Crippen LogP contribution in [0.4, 0.5) is 11.5 Å². The van der Waals surface area contributed by atoms with Crippen molar-refractivity contribution in [3.8, 4) is 0 Å². The van der Waals surface area contributed by atoms with Crippen molar-refractivity contribution in [1.82, 2.24) is 9.88 Å². The Morgan fingerprint density at radius 3 is 2.95 bits per heavy atom. The van der Waals surface area contributed by atoms with Crippen molar-refractivity contribution < 1.29 is 9.53 Å². The summed E-state index contributed by atoms with van der Waals surface area (Å²) < 4.78 is 5.20. The van der Waals surface area contributed by atoms with Crippen molar-refractivity contribution in [2.24, 2.45) is 0 Å². The zero-order valence-electron chi connectivity index (χ0n) is 10.6. The SMILES string of the molecule is Nc1cc(Cl)cnc1NCCC(=O)N1CCOCC1. The van der Waals surface area contributed by atoms with Gasteiger partial charge in [-0.15, -0.1) is 0 Å². The van der Waals surface area contributed by atoms with Crippen molar-refractivity contribution in [3.05, 3.63) is 17.3 Å². The number of amides is 1. The largest absolute Gasteiger partial charge is 0.396 e. The van der Waals surface area contributed by atoms with Gasteiger partial charge in [0.05, 0.1) is 23.9 Å². The van der Waals surface area contributed by atoms with Crippen LogP contribution in [0.25, 0.3) is 0 Å². The van der Waals surface area contributed by atoms with Crippen molar-refractivity contribution in [2.45, 2.75) is 6.42 Å². The third-order valence-electron chi connectivity index (χ3n) is 2.88. The lowest BCUT2D eigenvalue weighted by Crippen LogP contribution is -2.41. The first-order valence-electron chi connectivity index (χ1n) is 6.17. The van der Waals surface area contributed by atoms with Crippen LogP contribution in [0.1, 0.15) is 6.42 Å². The minimum Gasteiger partial charge on any atom is -0.396 e. The predicted octanol–water partition coefficient (Wildman–Crippen LogP) is 0.978. The number of hydrogen-bond donors (Lipinski definition) is 2. The molecule has 3 N–H and O–H groups in total. The molecular formula is C12H17ClN4O2. The Morgan fingerprint density at radius 2 is 2.26 bits per heavy atom. The fraction of sp³-hybridized carbons (Fsp3) is 0.500. The molecule has 0 bridgehead atoms. The monoisotopic (exact) mass is 284 g/mol. The maximum Gasteiger partial charge on any atom is 0.224 e. The van der Waals surface area contributed by atoms with E-state index in [2.05, 4.69) is 10.3 Å². The van der Waals surface area contributed by atoms with Crippen LogP contribution in [0, 0.1) is 0 Å². The number of carbonyl (C=O) groups is 1. The molecule has 7 heteroatoms. The molecule has 2 rings (SSSR count). The normalized spacial score (nSPS) is 15.3. The molecule has 0 spiro atoms. The molecule has 1 aliphatic rings. The number of hydrogen-bond acceptors (Lipinski definition) is 5. The van der Waals surface area contributed by atoms with Gasteiger partial charge in [-0.3, -0.25) is 4.79 Å². The van der Waals surface area contributed by atoms with E-state index in [1.165, 1.54) is 6.20 Å². The summed E-state index contributed by atoms with van der Waals surface area (Å²) in [6.45, 7) is 3.06. The molecule has 0 aromatic carbocycles. The fourth-order valence-corrected chi connectivity index (χ4v) is 2.03. The molecule has 1 saturated heterocycles. The number of pyridine rings is 1. The molecule has 2 heterocycles. The first-order valence-corrected chi connectivity index (χ1v) is 6.55. The van der Waals surface area contributed by atoms with Crippen molar-refractivity contribution in [3.63, 3.8) is 0 Å². The van der Waals surface area contributed by atoms with Gasteiger partial charge >= 0.3 is 0 Å². The van der Waals surface area contributed by atoms with Crippen molar-refractivity contribution in [2.75, 3.05) is 43.9 Å². The quantitative estimate of drug-likeness (QED) is 0.861. The van der Waals surface area contributed by atoms with Gasteiger partial charge < -0.3 is 20.7 Å². The number of anilines is 2. The van der Waals surface area contributed by atoms with Gasteiger partial charge in [-0.1, -0.05) is 11.6 Å². The van der Waals surface area contributed by atoms with Crippen molar-refractivity contribution >= 4 is 29.0 Å². The van der Waals surface area contributed by atoms with Crippen molar-refractivity contribution in [1.29, 1.82) is 0 Å². The minimum atomic E-state index is 0.114. The Hall–Kier alpha value is -1.53. The Morgan fingerprint density at radius 1 is 1.53 bits per heavy atom. The maximum absolute atomic E-state index is 11.9. The van der Waals surface area contributed by atoms with Crippen LogP contribution in [-0.2, 0) is 9.53 Å². The summed E-state index contributed by atoms with van der Waals surface area (Å²) in [6, 6.07) is 1.63. The maximum atomic E-state index is 11.9. The van der Waals surface area contributed by atoms with E-state index < -0.39 is 0 Å². The molecule has 0 radical (unpaired) electrons. The van der Waals surface area contributed by atoms with Gasteiger partial charge in [-0.2, -0.15) is 0 Å². The zero-order chi connectivity index (χ0) is 13.7. The molecule has 1 aromatic heterocycles. The first kappa shape index (κ1) is 13.9. The molecule has 0 saturated carbocycles. The number of nitrogen functional groups attached to an aromatic ring is 1. The summed E-state index contributed by atoms with van der Waals surface area (Å²) in [4.78, 5) is 17.8. The van der Waals surface area contributed by atoms with Gasteiger partial charge in [-0.25, -0.2) is 4.98 Å². The third-order valence-corrected chi connectivity index (χ3v) is 3.09. The van der Waals surface area contributed by atoms with Crippen LogP contribution in [0.2, 0.25) is 5.02 Å². The Bertz CT molecular complexity index is 449. The van der Waals surface area contributed by atoms with E-state index in [1.807, 2.05) is 4.90 Å². The second-order valence-corrected chi connectivity index (χ2v) is 4.70. The Balaban J connectivity index is 1.78. The summed E-state index contributed by atoms with van der Waals surface area (Å²) in [5, 5.41) is 3.53. The first-order chi connectivity index (χ1) is 9.16. The number of rotatable bonds is 4. The summed E-state index contributed by atoms with van der Waals surface area (Å²) in [6.07, 6.45) is 1.92. The highest BCUT2D eigenvalue weighted by Crippen LogP contribution is 2.19. The second-order valence-electron chi connectivity index (χ2n) is 4.26. The van der Waals surface area contributed by atoms with E-state index in [0.29, 0.717) is 55.8 Å². The molecule has 0 aliphatic carbocycles. The van der Waals surface area contributed by atoms with E-state index in [-0.39, 0.29) is 5.91 Å². The van der Waals surface area contributed by atoms with Gasteiger partial charge in [0.25, 0.3) is 0 Å². The molecule has 19 heavy (non-hydrogen) atoms. The average molecular weight is 285 g/mol. The van der Waals surface area contributed by atoms with E-state index in [4.69, 9.17) is 22.1 Å². The van der Waals surface area contributed by atoms with Crippen LogP contribution in [0.5, 0.6) is 0 Å². The van der Waals surface area contributed by atoms with Gasteiger partial charge in [0, 0.05) is 32.3 Å². The Labute approximate surface area is 116 Å². The third kappa shape index (κ3) is 3.97. The predicted molar refractivity (Wildman–Crippen MR) is 74.2 cm³/mol. The lowest BCUT2D eigenvalue weighted by molar-refractivity contribution is -0.134. The van der Waals surface area contributed by atoms with Crippen LogP contribution in [-0.4, -0.2) is 48.6 Å². The molecule has 1 aromatic rings. The molecule has 1 fully saturated rings. The lowest BCUT2D eigenvalue weighted by atomic mass is 10.3. The molecule has 0 unspecified atom stereocenters. The highest BCUT2D eigenvalue weighted by molar-refractivity contribution is 6.30. The molecule has 1 aliphatic heterocycles. The number of aromatic nitrogens is 1. The average Bonchev–Trinajstić information content (AvgIpc) is 2.42. The Kier molecular flexibility index (Phi) is 4.81. The van der Waals surface area contributed by atoms with Gasteiger partial charge in [0.15, 0.2) is 0 Å². The molecule has 0 atom stereocenters. The fourth-order valence-electron chi connectivity index (χ4n) is 1.86. The number of ether oxygens (including phenoxy) is 1. The molecular weight excluding hydrogens is 268 g/mol. The zero-order valence-corrected chi connectivity index (χ0v) is 11.3. The second kappa shape index (κ2) is 6.58. The van der Waals surface area contributed by atoms with E-state index >= 15 is 0 Å². The summed E-state index contributed by atoms with van der Waals surface area (Å²) in [7, 11) is 0. The van der Waals surface area contributed by atoms with Crippen LogP contribution < -0.4 is 11.1 Å². The van der Waals surface area contributed by atoms with Crippen LogP contribution in [0.15, 0.2) is 12.3 Å². The number of halogens is 1. The molecule has 6 nitrogen and oxygen atoms in total. The number of nitrogens with two attached hydrogens (primary N) is 1. The lowest BCUT2D eigenvalue weighted by Gasteiger charge is -2.26. The van der Waals surface area contributed by atoms with E-state index in [1.54, 1.807) is 6.07 Å². The number of carbonyl (C=O) groups excluding carboxylic acids is 1. The van der Waals surface area contributed by atoms with Gasteiger partial charge in [0.1, 0.15) is 5.82 Å². The minimum absolute atomic E-state index is 0.114.